The van der Waals surface area contributed by atoms with Crippen molar-refractivity contribution in [2.75, 3.05) is 31.1 Å². The molecule has 1 N–H and O–H groups in total. The van der Waals surface area contributed by atoms with Crippen LogP contribution in [0.3, 0.4) is 0 Å². The normalized spacial score (nSPS) is 14.4. The molecule has 1 amide bonds. The van der Waals surface area contributed by atoms with E-state index in [-0.39, 0.29) is 5.91 Å². The number of aromatic nitrogens is 4. The topological polar surface area (TPSA) is 96.2 Å². The summed E-state index contributed by atoms with van der Waals surface area (Å²) in [4.78, 5) is 47.9. The first-order chi connectivity index (χ1) is 15.0. The molecule has 4 rings (SSSR count). The lowest BCUT2D eigenvalue weighted by molar-refractivity contribution is -0.131. The first-order valence-corrected chi connectivity index (χ1v) is 10.8. The largest absolute Gasteiger partial charge is 0.339 e. The fraction of sp³-hybridized carbons (Fsp3) is 0.455. The number of carbonyl (C=O) groups is 1. The molecule has 1 aliphatic rings. The second-order valence-corrected chi connectivity index (χ2v) is 7.86. The fourth-order valence-electron chi connectivity index (χ4n) is 4.14. The lowest BCUT2D eigenvalue weighted by Gasteiger charge is -2.35. The molecule has 1 fully saturated rings. The van der Waals surface area contributed by atoms with Gasteiger partial charge in [0.1, 0.15) is 0 Å². The van der Waals surface area contributed by atoms with E-state index in [1.54, 1.807) is 7.05 Å². The van der Waals surface area contributed by atoms with E-state index in [1.165, 1.54) is 10.1 Å². The molecule has 3 aromatic rings. The second-order valence-electron chi connectivity index (χ2n) is 7.86. The molecular weight excluding hydrogens is 396 g/mol. The van der Waals surface area contributed by atoms with Gasteiger partial charge in [-0.2, -0.15) is 4.98 Å². The number of aromatic amines is 1. The number of carbonyl (C=O) groups excluding carboxylic acids is 1. The molecular formula is C22H28N6O3. The highest BCUT2D eigenvalue weighted by molar-refractivity contribution is 5.77. The van der Waals surface area contributed by atoms with Crippen molar-refractivity contribution < 1.29 is 4.79 Å². The van der Waals surface area contributed by atoms with Gasteiger partial charge in [-0.3, -0.25) is 19.1 Å². The Morgan fingerprint density at radius 3 is 2.48 bits per heavy atom. The molecule has 0 saturated carbocycles. The lowest BCUT2D eigenvalue weighted by atomic mass is 10.1. The summed E-state index contributed by atoms with van der Waals surface area (Å²) in [6.07, 6.45) is 2.21. The zero-order valence-corrected chi connectivity index (χ0v) is 18.0. The van der Waals surface area contributed by atoms with E-state index in [9.17, 15) is 14.4 Å². The third-order valence-electron chi connectivity index (χ3n) is 5.89. The van der Waals surface area contributed by atoms with Crippen LogP contribution in [0.15, 0.2) is 39.9 Å². The summed E-state index contributed by atoms with van der Waals surface area (Å²) in [5.41, 5.74) is 1.14. The van der Waals surface area contributed by atoms with Crippen LogP contribution < -0.4 is 16.1 Å². The van der Waals surface area contributed by atoms with E-state index in [4.69, 9.17) is 4.98 Å². The number of nitrogens with zero attached hydrogens (tertiary/aromatic N) is 5. The molecule has 0 bridgehead atoms. The second kappa shape index (κ2) is 8.79. The van der Waals surface area contributed by atoms with E-state index < -0.39 is 11.2 Å². The van der Waals surface area contributed by atoms with Gasteiger partial charge >= 0.3 is 5.69 Å². The SMILES string of the molecule is CCC(=O)N1CCN(c2nc3c(c(=O)[nH]c(=O)n3C)n2CCCc2ccccc2)CC1. The molecule has 1 aromatic carbocycles. The number of amides is 1. The molecule has 0 unspecified atom stereocenters. The third kappa shape index (κ3) is 4.12. The van der Waals surface area contributed by atoms with Crippen molar-refractivity contribution in [1.29, 1.82) is 0 Å². The molecule has 9 nitrogen and oxygen atoms in total. The predicted octanol–water partition coefficient (Wildman–Crippen LogP) is 1.11. The quantitative estimate of drug-likeness (QED) is 0.640. The number of hydrogen-bond acceptors (Lipinski definition) is 5. The summed E-state index contributed by atoms with van der Waals surface area (Å²) in [7, 11) is 1.61. The maximum atomic E-state index is 12.7. The van der Waals surface area contributed by atoms with Crippen LogP contribution in [0, 0.1) is 0 Å². The predicted molar refractivity (Wildman–Crippen MR) is 119 cm³/mol. The Kier molecular flexibility index (Phi) is 5.92. The van der Waals surface area contributed by atoms with Gasteiger partial charge in [-0.05, 0) is 18.4 Å². The molecule has 3 heterocycles. The first-order valence-electron chi connectivity index (χ1n) is 10.8. The average Bonchev–Trinajstić information content (AvgIpc) is 3.18. The minimum Gasteiger partial charge on any atom is -0.339 e. The summed E-state index contributed by atoms with van der Waals surface area (Å²) < 4.78 is 3.30. The summed E-state index contributed by atoms with van der Waals surface area (Å²) in [6.45, 7) is 4.99. The molecule has 2 aromatic heterocycles. The van der Waals surface area contributed by atoms with Crippen molar-refractivity contribution in [2.45, 2.75) is 32.7 Å². The first kappa shape index (κ1) is 20.9. The van der Waals surface area contributed by atoms with E-state index in [0.29, 0.717) is 56.3 Å². The highest BCUT2D eigenvalue weighted by Crippen LogP contribution is 2.22. The summed E-state index contributed by atoms with van der Waals surface area (Å²) in [6, 6.07) is 10.2. The van der Waals surface area contributed by atoms with Gasteiger partial charge in [0.15, 0.2) is 11.2 Å². The van der Waals surface area contributed by atoms with E-state index in [1.807, 2.05) is 34.6 Å². The van der Waals surface area contributed by atoms with Crippen molar-refractivity contribution >= 4 is 23.0 Å². The molecule has 0 radical (unpaired) electrons. The van der Waals surface area contributed by atoms with Gasteiger partial charge in [-0.25, -0.2) is 4.79 Å². The molecule has 0 atom stereocenters. The van der Waals surface area contributed by atoms with Crippen molar-refractivity contribution in [3.63, 3.8) is 0 Å². The van der Waals surface area contributed by atoms with Crippen LogP contribution in [-0.2, 0) is 24.8 Å². The van der Waals surface area contributed by atoms with Crippen LogP contribution in [0.5, 0.6) is 0 Å². The van der Waals surface area contributed by atoms with E-state index in [2.05, 4.69) is 22.0 Å². The van der Waals surface area contributed by atoms with Gasteiger partial charge < -0.3 is 14.4 Å². The number of benzene rings is 1. The van der Waals surface area contributed by atoms with Gasteiger partial charge in [-0.1, -0.05) is 37.3 Å². The van der Waals surface area contributed by atoms with Crippen LogP contribution in [0.4, 0.5) is 5.95 Å². The number of imidazole rings is 1. The standard InChI is InChI=1S/C22H28N6O3/c1-3-17(29)26-12-14-27(15-13-26)21-23-19-18(20(30)24-22(31)25(19)2)28(21)11-7-10-16-8-5-4-6-9-16/h4-6,8-9H,3,7,10-15H2,1-2H3,(H,24,30,31). The average molecular weight is 425 g/mol. The van der Waals surface area contributed by atoms with Gasteiger partial charge in [0.2, 0.25) is 11.9 Å². The zero-order chi connectivity index (χ0) is 22.0. The Morgan fingerprint density at radius 2 is 1.81 bits per heavy atom. The van der Waals surface area contributed by atoms with E-state index >= 15 is 0 Å². The Hall–Kier alpha value is -3.36. The molecule has 164 valence electrons. The summed E-state index contributed by atoms with van der Waals surface area (Å²) in [5.74, 6) is 0.827. The number of fused-ring (bicyclic) bond motifs is 1. The number of piperazine rings is 1. The molecule has 0 spiro atoms. The van der Waals surface area contributed by atoms with Crippen molar-refractivity contribution in [3.8, 4) is 0 Å². The van der Waals surface area contributed by atoms with Gasteiger partial charge in [0, 0.05) is 46.2 Å². The highest BCUT2D eigenvalue weighted by Gasteiger charge is 2.26. The van der Waals surface area contributed by atoms with Crippen LogP contribution in [0.2, 0.25) is 0 Å². The minimum atomic E-state index is -0.476. The number of H-pyrrole nitrogens is 1. The Labute approximate surface area is 179 Å². The Bertz CT molecular complexity index is 1190. The smallest absolute Gasteiger partial charge is 0.329 e. The Balaban J connectivity index is 1.65. The zero-order valence-electron chi connectivity index (χ0n) is 18.0. The third-order valence-corrected chi connectivity index (χ3v) is 5.89. The number of aryl methyl sites for hydroxylation is 3. The molecule has 31 heavy (non-hydrogen) atoms. The van der Waals surface area contributed by atoms with Crippen LogP contribution in [0.25, 0.3) is 11.2 Å². The molecule has 1 saturated heterocycles. The van der Waals surface area contributed by atoms with Crippen molar-refractivity contribution in [1.82, 2.24) is 24.0 Å². The summed E-state index contributed by atoms with van der Waals surface area (Å²) in [5, 5.41) is 0. The molecule has 1 aliphatic heterocycles. The fourth-order valence-corrected chi connectivity index (χ4v) is 4.14. The van der Waals surface area contributed by atoms with Gasteiger partial charge in [0.05, 0.1) is 0 Å². The van der Waals surface area contributed by atoms with Crippen molar-refractivity contribution in [2.24, 2.45) is 7.05 Å². The number of rotatable bonds is 6. The number of anilines is 1. The lowest BCUT2D eigenvalue weighted by Crippen LogP contribution is -2.49. The Morgan fingerprint density at radius 1 is 1.10 bits per heavy atom. The maximum Gasteiger partial charge on any atom is 0.329 e. The molecule has 0 aliphatic carbocycles. The van der Waals surface area contributed by atoms with E-state index in [0.717, 1.165) is 12.8 Å². The van der Waals surface area contributed by atoms with Gasteiger partial charge in [0.25, 0.3) is 5.56 Å². The maximum absolute atomic E-state index is 12.7. The molecule has 9 heteroatoms. The number of nitrogens with one attached hydrogen (secondary N) is 1. The van der Waals surface area contributed by atoms with Crippen LogP contribution in [0.1, 0.15) is 25.3 Å². The van der Waals surface area contributed by atoms with Crippen LogP contribution >= 0.6 is 0 Å². The minimum absolute atomic E-state index is 0.148. The number of hydrogen-bond donors (Lipinski definition) is 1. The summed E-state index contributed by atoms with van der Waals surface area (Å²) >= 11 is 0. The van der Waals surface area contributed by atoms with Crippen LogP contribution in [-0.4, -0.2) is 56.1 Å². The highest BCUT2D eigenvalue weighted by atomic mass is 16.2. The van der Waals surface area contributed by atoms with Gasteiger partial charge in [-0.15, -0.1) is 0 Å². The van der Waals surface area contributed by atoms with Crippen molar-refractivity contribution in [3.05, 3.63) is 56.7 Å². The monoisotopic (exact) mass is 424 g/mol.